The first kappa shape index (κ1) is 19.2. The zero-order valence-corrected chi connectivity index (χ0v) is 16.1. The third-order valence-electron chi connectivity index (χ3n) is 3.78. The summed E-state index contributed by atoms with van der Waals surface area (Å²) in [7, 11) is 0. The number of nitro benzene ring substituents is 1. The van der Waals surface area contributed by atoms with Gasteiger partial charge in [0.1, 0.15) is 27.2 Å². The van der Waals surface area contributed by atoms with Gasteiger partial charge in [-0.1, -0.05) is 35.6 Å². The molecule has 0 aliphatic carbocycles. The van der Waals surface area contributed by atoms with Crippen LogP contribution in [0, 0.1) is 17.0 Å². The maximum atomic E-state index is 11.6. The second-order valence-electron chi connectivity index (χ2n) is 5.86. The van der Waals surface area contributed by atoms with Crippen molar-refractivity contribution in [1.29, 1.82) is 0 Å². The number of nitro groups is 1. The molecule has 1 heterocycles. The Kier molecular flexibility index (Phi) is 5.51. The molecule has 2 aromatic carbocycles. The third kappa shape index (κ3) is 4.07. The van der Waals surface area contributed by atoms with E-state index in [0.717, 1.165) is 5.56 Å². The number of hydrogen-bond donors (Lipinski definition) is 1. The third-order valence-corrected chi connectivity index (χ3v) is 4.79. The maximum Gasteiger partial charge on any atom is 0.312 e. The van der Waals surface area contributed by atoms with E-state index in [1.165, 1.54) is 23.5 Å². The quantitative estimate of drug-likeness (QED) is 0.236. The van der Waals surface area contributed by atoms with Crippen molar-refractivity contribution in [3.05, 3.63) is 70.4 Å². The van der Waals surface area contributed by atoms with Gasteiger partial charge >= 0.3 is 5.69 Å². The second-order valence-corrected chi connectivity index (χ2v) is 6.84. The van der Waals surface area contributed by atoms with Crippen LogP contribution >= 0.6 is 11.3 Å². The Morgan fingerprint density at radius 3 is 2.64 bits per heavy atom. The number of rotatable bonds is 6. The van der Waals surface area contributed by atoms with E-state index >= 15 is 0 Å². The Morgan fingerprint density at radius 2 is 2.04 bits per heavy atom. The standard InChI is InChI=1S/C20H17N3O4S/c1-4-21-20-18(13(3)24)22-19(28-20)14-7-10-17(16(11-14)23(25)26)27-15-8-5-12(2)6-9-15/h4-11,24H,3H2,1-2H3. The van der Waals surface area contributed by atoms with E-state index in [9.17, 15) is 15.2 Å². The first-order valence-electron chi connectivity index (χ1n) is 8.30. The molecular formula is C20H17N3O4S. The lowest BCUT2D eigenvalue weighted by atomic mass is 10.2. The van der Waals surface area contributed by atoms with Crippen LogP contribution in [-0.2, 0) is 0 Å². The monoisotopic (exact) mass is 395 g/mol. The van der Waals surface area contributed by atoms with E-state index in [1.807, 2.05) is 19.1 Å². The molecule has 28 heavy (non-hydrogen) atoms. The van der Waals surface area contributed by atoms with Crippen LogP contribution in [0.2, 0.25) is 0 Å². The van der Waals surface area contributed by atoms with Crippen LogP contribution in [-0.4, -0.2) is 21.2 Å². The molecule has 0 saturated carbocycles. The number of aryl methyl sites for hydroxylation is 1. The molecule has 1 N–H and O–H groups in total. The van der Waals surface area contributed by atoms with Crippen LogP contribution in [0.4, 0.5) is 10.7 Å². The minimum atomic E-state index is -0.502. The molecule has 0 aliphatic rings. The molecule has 7 nitrogen and oxygen atoms in total. The molecule has 0 spiro atoms. The zero-order valence-electron chi connectivity index (χ0n) is 15.2. The van der Waals surface area contributed by atoms with Crippen molar-refractivity contribution in [3.63, 3.8) is 0 Å². The van der Waals surface area contributed by atoms with Gasteiger partial charge in [-0.05, 0) is 38.1 Å². The van der Waals surface area contributed by atoms with Crippen molar-refractivity contribution in [2.45, 2.75) is 13.8 Å². The number of nitrogens with zero attached hydrogens (tertiary/aromatic N) is 3. The smallest absolute Gasteiger partial charge is 0.312 e. The van der Waals surface area contributed by atoms with Crippen molar-refractivity contribution < 1.29 is 14.8 Å². The number of aliphatic imine (C=N–C) groups is 1. The number of thiazole rings is 1. The summed E-state index contributed by atoms with van der Waals surface area (Å²) in [5, 5.41) is 22.2. The zero-order chi connectivity index (χ0) is 20.3. The number of aliphatic hydroxyl groups is 1. The lowest BCUT2D eigenvalue weighted by Crippen LogP contribution is -1.94. The molecule has 8 heteroatoms. The topological polar surface area (TPSA) is 97.9 Å². The lowest BCUT2D eigenvalue weighted by molar-refractivity contribution is -0.385. The maximum absolute atomic E-state index is 11.6. The van der Waals surface area contributed by atoms with Gasteiger partial charge in [-0.25, -0.2) is 9.98 Å². The first-order valence-corrected chi connectivity index (χ1v) is 9.11. The van der Waals surface area contributed by atoms with Crippen molar-refractivity contribution in [2.75, 3.05) is 0 Å². The first-order chi connectivity index (χ1) is 13.4. The predicted molar refractivity (Wildman–Crippen MR) is 111 cm³/mol. The van der Waals surface area contributed by atoms with Gasteiger partial charge < -0.3 is 9.84 Å². The fraction of sp³-hybridized carbons (Fsp3) is 0.100. The molecule has 0 radical (unpaired) electrons. The Hall–Kier alpha value is -3.52. The SMILES string of the molecule is C=C(O)c1nc(-c2ccc(Oc3ccc(C)cc3)c([N+](=O)[O-])c2)sc1N=CC. The highest BCUT2D eigenvalue weighted by Crippen LogP contribution is 2.40. The fourth-order valence-electron chi connectivity index (χ4n) is 2.44. The second kappa shape index (κ2) is 8.01. The predicted octanol–water partition coefficient (Wildman–Crippen LogP) is 6.07. The molecule has 0 saturated heterocycles. The number of aliphatic hydroxyl groups excluding tert-OH is 1. The van der Waals surface area contributed by atoms with Gasteiger partial charge in [0, 0.05) is 17.8 Å². The molecule has 0 bridgehead atoms. The van der Waals surface area contributed by atoms with Gasteiger partial charge in [0.2, 0.25) is 5.75 Å². The number of aromatic nitrogens is 1. The van der Waals surface area contributed by atoms with E-state index in [4.69, 9.17) is 4.74 Å². The molecule has 3 rings (SSSR count). The molecule has 3 aromatic rings. The highest BCUT2D eigenvalue weighted by Gasteiger charge is 2.20. The van der Waals surface area contributed by atoms with Gasteiger partial charge in [-0.2, -0.15) is 0 Å². The number of ether oxygens (including phenoxy) is 1. The Bertz CT molecular complexity index is 1070. The van der Waals surface area contributed by atoms with Crippen LogP contribution in [0.1, 0.15) is 18.2 Å². The van der Waals surface area contributed by atoms with E-state index in [-0.39, 0.29) is 22.9 Å². The Morgan fingerprint density at radius 1 is 1.32 bits per heavy atom. The van der Waals surface area contributed by atoms with E-state index in [2.05, 4.69) is 16.6 Å². The average Bonchev–Trinajstić information content (AvgIpc) is 3.08. The lowest BCUT2D eigenvalue weighted by Gasteiger charge is -2.07. The summed E-state index contributed by atoms with van der Waals surface area (Å²) in [5.74, 6) is 0.429. The van der Waals surface area contributed by atoms with Gasteiger partial charge in [0.05, 0.1) is 4.92 Å². The van der Waals surface area contributed by atoms with Gasteiger partial charge in [-0.15, -0.1) is 0 Å². The largest absolute Gasteiger partial charge is 0.506 e. The van der Waals surface area contributed by atoms with E-state index < -0.39 is 4.92 Å². The van der Waals surface area contributed by atoms with Gasteiger partial charge in [0.15, 0.2) is 0 Å². The molecule has 142 valence electrons. The van der Waals surface area contributed by atoms with Crippen molar-refractivity contribution in [3.8, 4) is 22.1 Å². The molecule has 0 aliphatic heterocycles. The van der Waals surface area contributed by atoms with Crippen molar-refractivity contribution in [2.24, 2.45) is 4.99 Å². The molecule has 0 amide bonds. The van der Waals surface area contributed by atoms with Crippen molar-refractivity contribution in [1.82, 2.24) is 4.98 Å². The molecule has 0 fully saturated rings. The molecular weight excluding hydrogens is 378 g/mol. The minimum Gasteiger partial charge on any atom is -0.506 e. The number of hydrogen-bond acceptors (Lipinski definition) is 7. The summed E-state index contributed by atoms with van der Waals surface area (Å²) in [5.41, 5.74) is 1.65. The summed E-state index contributed by atoms with van der Waals surface area (Å²) in [4.78, 5) is 19.5. The van der Waals surface area contributed by atoms with Crippen molar-refractivity contribution >= 4 is 34.0 Å². The van der Waals surface area contributed by atoms with Crippen LogP contribution in [0.3, 0.4) is 0 Å². The van der Waals surface area contributed by atoms with Gasteiger partial charge in [0.25, 0.3) is 0 Å². The van der Waals surface area contributed by atoms with Crippen LogP contribution in [0.5, 0.6) is 11.5 Å². The van der Waals surface area contributed by atoms with Gasteiger partial charge in [-0.3, -0.25) is 10.1 Å². The summed E-state index contributed by atoms with van der Waals surface area (Å²) < 4.78 is 5.69. The van der Waals surface area contributed by atoms with E-state index in [0.29, 0.717) is 21.3 Å². The molecule has 0 atom stereocenters. The highest BCUT2D eigenvalue weighted by atomic mass is 32.1. The van der Waals surface area contributed by atoms with Crippen LogP contribution in [0.15, 0.2) is 54.0 Å². The Labute approximate surface area is 165 Å². The Balaban J connectivity index is 2.01. The van der Waals surface area contributed by atoms with Crippen LogP contribution in [0.25, 0.3) is 16.3 Å². The highest BCUT2D eigenvalue weighted by molar-refractivity contribution is 7.19. The summed E-state index contributed by atoms with van der Waals surface area (Å²) in [6.45, 7) is 7.17. The van der Waals surface area contributed by atoms with Crippen LogP contribution < -0.4 is 4.74 Å². The summed E-state index contributed by atoms with van der Waals surface area (Å²) in [6.07, 6.45) is 1.57. The normalized spacial score (nSPS) is 10.9. The summed E-state index contributed by atoms with van der Waals surface area (Å²) >= 11 is 1.20. The van der Waals surface area contributed by atoms with E-state index in [1.54, 1.807) is 31.3 Å². The molecule has 1 aromatic heterocycles. The summed E-state index contributed by atoms with van der Waals surface area (Å²) in [6, 6.07) is 11.8. The minimum absolute atomic E-state index is 0.132. The average molecular weight is 395 g/mol. The number of benzene rings is 2. The fourth-order valence-corrected chi connectivity index (χ4v) is 3.42. The molecule has 0 unspecified atom stereocenters.